The van der Waals surface area contributed by atoms with Crippen LogP contribution in [-0.4, -0.2) is 31.6 Å². The van der Waals surface area contributed by atoms with E-state index in [1.54, 1.807) is 0 Å². The van der Waals surface area contributed by atoms with Crippen LogP contribution in [0.4, 0.5) is 4.79 Å². The van der Waals surface area contributed by atoms with Gasteiger partial charge in [-0.25, -0.2) is 9.59 Å². The summed E-state index contributed by atoms with van der Waals surface area (Å²) >= 11 is 0. The molecule has 0 aliphatic rings. The molecule has 6 heteroatoms. The average Bonchev–Trinajstić information content (AvgIpc) is 2.63. The Morgan fingerprint density at radius 3 is 2.28 bits per heavy atom. The van der Waals surface area contributed by atoms with E-state index in [0.717, 1.165) is 32.1 Å². The van der Waals surface area contributed by atoms with Crippen molar-refractivity contribution in [2.24, 2.45) is 0 Å². The van der Waals surface area contributed by atoms with Crippen molar-refractivity contribution in [3.05, 3.63) is 42.5 Å². The molecule has 0 N–H and O–H groups in total. The number of carbonyl (C=O) groups excluding carboxylic acids is 3. The van der Waals surface area contributed by atoms with Gasteiger partial charge in [0.05, 0.1) is 19.3 Å². The lowest BCUT2D eigenvalue weighted by atomic mass is 10.1. The number of ether oxygens (including phenoxy) is 3. The standard InChI is InChI=1S/C19H24O6/c1-3-16(20)9-7-5-4-6-8-14-24-19(22)25-17-12-10-15(11-13-17)18(21)23-2/h3,10-13H,1,4-9,14H2,2H3. The molecule has 0 unspecified atom stereocenters. The zero-order valence-electron chi connectivity index (χ0n) is 14.5. The smallest absolute Gasteiger partial charge is 0.465 e. The van der Waals surface area contributed by atoms with Crippen LogP contribution in [0.1, 0.15) is 48.9 Å². The maximum Gasteiger partial charge on any atom is 0.513 e. The number of hydrogen-bond acceptors (Lipinski definition) is 6. The van der Waals surface area contributed by atoms with Crippen molar-refractivity contribution >= 4 is 17.9 Å². The van der Waals surface area contributed by atoms with Crippen molar-refractivity contribution in [2.75, 3.05) is 13.7 Å². The first-order valence-corrected chi connectivity index (χ1v) is 8.25. The molecule has 0 atom stereocenters. The van der Waals surface area contributed by atoms with Crippen LogP contribution in [0.2, 0.25) is 0 Å². The number of rotatable bonds is 11. The van der Waals surface area contributed by atoms with Gasteiger partial charge in [0.25, 0.3) is 0 Å². The third-order valence-electron chi connectivity index (χ3n) is 3.49. The Bertz CT molecular complexity index is 576. The second-order valence-electron chi connectivity index (χ2n) is 5.40. The predicted octanol–water partition coefficient (Wildman–Crippen LogP) is 4.08. The van der Waals surface area contributed by atoms with E-state index in [1.165, 1.54) is 37.5 Å². The monoisotopic (exact) mass is 348 g/mol. The van der Waals surface area contributed by atoms with E-state index in [-0.39, 0.29) is 12.4 Å². The van der Waals surface area contributed by atoms with Crippen molar-refractivity contribution in [3.63, 3.8) is 0 Å². The molecule has 0 aliphatic carbocycles. The number of carbonyl (C=O) groups is 3. The SMILES string of the molecule is C=CC(=O)CCCCCCCOC(=O)Oc1ccc(C(=O)OC)cc1. The van der Waals surface area contributed by atoms with Crippen molar-refractivity contribution in [1.29, 1.82) is 0 Å². The van der Waals surface area contributed by atoms with E-state index in [2.05, 4.69) is 11.3 Å². The fraction of sp³-hybridized carbons (Fsp3) is 0.421. The van der Waals surface area contributed by atoms with Crippen LogP contribution in [-0.2, 0) is 14.3 Å². The van der Waals surface area contributed by atoms with E-state index < -0.39 is 12.1 Å². The topological polar surface area (TPSA) is 78.9 Å². The highest BCUT2D eigenvalue weighted by Gasteiger charge is 2.08. The second-order valence-corrected chi connectivity index (χ2v) is 5.40. The highest BCUT2D eigenvalue weighted by Crippen LogP contribution is 2.14. The van der Waals surface area contributed by atoms with E-state index in [9.17, 15) is 14.4 Å². The first kappa shape index (κ1) is 20.4. The summed E-state index contributed by atoms with van der Waals surface area (Å²) in [5, 5.41) is 0. The van der Waals surface area contributed by atoms with Crippen molar-refractivity contribution in [1.82, 2.24) is 0 Å². The van der Waals surface area contributed by atoms with Gasteiger partial charge >= 0.3 is 12.1 Å². The summed E-state index contributed by atoms with van der Waals surface area (Å²) in [6, 6.07) is 6.01. The summed E-state index contributed by atoms with van der Waals surface area (Å²) < 4.78 is 14.6. The minimum atomic E-state index is -0.776. The molecule has 1 aromatic carbocycles. The van der Waals surface area contributed by atoms with Gasteiger partial charge in [0.2, 0.25) is 0 Å². The molecule has 0 aromatic heterocycles. The zero-order chi connectivity index (χ0) is 18.5. The maximum atomic E-state index is 11.5. The molecule has 0 radical (unpaired) electrons. The van der Waals surface area contributed by atoms with Gasteiger partial charge in [-0.05, 0) is 43.2 Å². The molecule has 0 amide bonds. The summed E-state index contributed by atoms with van der Waals surface area (Å²) in [7, 11) is 1.30. The van der Waals surface area contributed by atoms with Crippen LogP contribution in [0.5, 0.6) is 5.75 Å². The Balaban J connectivity index is 2.12. The van der Waals surface area contributed by atoms with Crippen molar-refractivity contribution in [2.45, 2.75) is 38.5 Å². The Hall–Kier alpha value is -2.63. The van der Waals surface area contributed by atoms with E-state index in [0.29, 0.717) is 17.7 Å². The molecule has 0 aliphatic heterocycles. The minimum Gasteiger partial charge on any atom is -0.465 e. The molecular weight excluding hydrogens is 324 g/mol. The molecule has 0 saturated carbocycles. The zero-order valence-corrected chi connectivity index (χ0v) is 14.5. The summed E-state index contributed by atoms with van der Waals surface area (Å²) in [5.41, 5.74) is 0.373. The minimum absolute atomic E-state index is 0.0747. The van der Waals surface area contributed by atoms with Gasteiger partial charge in [-0.15, -0.1) is 0 Å². The highest BCUT2D eigenvalue weighted by molar-refractivity contribution is 5.89. The molecule has 0 heterocycles. The quantitative estimate of drug-likeness (QED) is 0.259. The lowest BCUT2D eigenvalue weighted by molar-refractivity contribution is -0.114. The summed E-state index contributed by atoms with van der Waals surface area (Å²) in [6.45, 7) is 3.71. The summed E-state index contributed by atoms with van der Waals surface area (Å²) in [4.78, 5) is 33.9. The fourth-order valence-corrected chi connectivity index (χ4v) is 2.09. The molecule has 0 spiro atoms. The molecule has 0 saturated heterocycles. The normalized spacial score (nSPS) is 9.96. The first-order valence-electron chi connectivity index (χ1n) is 8.25. The lowest BCUT2D eigenvalue weighted by Gasteiger charge is -2.06. The van der Waals surface area contributed by atoms with Gasteiger partial charge < -0.3 is 14.2 Å². The Labute approximate surface area is 147 Å². The molecule has 136 valence electrons. The van der Waals surface area contributed by atoms with Crippen LogP contribution < -0.4 is 4.74 Å². The Kier molecular flexibility index (Phi) is 9.67. The predicted molar refractivity (Wildman–Crippen MR) is 92.7 cm³/mol. The van der Waals surface area contributed by atoms with Gasteiger partial charge in [-0.3, -0.25) is 4.79 Å². The molecule has 1 rings (SSSR count). The van der Waals surface area contributed by atoms with E-state index >= 15 is 0 Å². The van der Waals surface area contributed by atoms with Crippen LogP contribution in [0.25, 0.3) is 0 Å². The van der Waals surface area contributed by atoms with Crippen LogP contribution >= 0.6 is 0 Å². The maximum absolute atomic E-state index is 11.5. The molecular formula is C19H24O6. The number of allylic oxidation sites excluding steroid dienone is 1. The number of unbranched alkanes of at least 4 members (excludes halogenated alkanes) is 4. The van der Waals surface area contributed by atoms with Crippen LogP contribution in [0.3, 0.4) is 0 Å². The second kappa shape index (κ2) is 11.8. The third-order valence-corrected chi connectivity index (χ3v) is 3.49. The van der Waals surface area contributed by atoms with E-state index in [1.807, 2.05) is 0 Å². The molecule has 0 fully saturated rings. The Morgan fingerprint density at radius 1 is 1.00 bits per heavy atom. The molecule has 25 heavy (non-hydrogen) atoms. The fourth-order valence-electron chi connectivity index (χ4n) is 2.09. The number of hydrogen-bond donors (Lipinski definition) is 0. The largest absolute Gasteiger partial charge is 0.513 e. The highest BCUT2D eigenvalue weighted by atomic mass is 16.7. The third kappa shape index (κ3) is 8.69. The number of methoxy groups -OCH3 is 1. The molecule has 1 aromatic rings. The summed E-state index contributed by atoms with van der Waals surface area (Å²) in [6.07, 6.45) is 5.59. The average molecular weight is 348 g/mol. The Morgan fingerprint density at radius 2 is 1.64 bits per heavy atom. The van der Waals surface area contributed by atoms with Gasteiger partial charge in [0, 0.05) is 6.42 Å². The van der Waals surface area contributed by atoms with Crippen molar-refractivity contribution in [3.8, 4) is 5.75 Å². The van der Waals surface area contributed by atoms with Crippen molar-refractivity contribution < 1.29 is 28.6 Å². The van der Waals surface area contributed by atoms with Crippen LogP contribution in [0.15, 0.2) is 36.9 Å². The van der Waals surface area contributed by atoms with Gasteiger partial charge in [0.1, 0.15) is 5.75 Å². The van der Waals surface area contributed by atoms with Gasteiger partial charge in [-0.2, -0.15) is 0 Å². The lowest BCUT2D eigenvalue weighted by Crippen LogP contribution is -2.11. The summed E-state index contributed by atoms with van der Waals surface area (Å²) in [5.74, 6) is -0.0850. The molecule has 0 bridgehead atoms. The molecule has 6 nitrogen and oxygen atoms in total. The first-order chi connectivity index (χ1) is 12.1. The number of esters is 1. The van der Waals surface area contributed by atoms with Crippen LogP contribution in [0, 0.1) is 0 Å². The van der Waals surface area contributed by atoms with E-state index in [4.69, 9.17) is 9.47 Å². The number of ketones is 1. The van der Waals surface area contributed by atoms with Gasteiger partial charge in [-0.1, -0.05) is 25.8 Å². The number of benzene rings is 1. The van der Waals surface area contributed by atoms with Gasteiger partial charge in [0.15, 0.2) is 5.78 Å².